The van der Waals surface area contributed by atoms with E-state index in [4.69, 9.17) is 0 Å². The smallest absolute Gasteiger partial charge is 0.0199 e. The summed E-state index contributed by atoms with van der Waals surface area (Å²) in [5.41, 5.74) is 0. The zero-order valence-electron chi connectivity index (χ0n) is 6.20. The summed E-state index contributed by atoms with van der Waals surface area (Å²) in [6.07, 6.45) is 2.57. The van der Waals surface area contributed by atoms with Gasteiger partial charge in [-0.25, -0.2) is 0 Å². The minimum atomic E-state index is 0.722. The average Bonchev–Trinajstić information content (AvgIpc) is 2.17. The lowest BCUT2D eigenvalue weighted by atomic mass is 10.2. The van der Waals surface area contributed by atoms with Crippen LogP contribution in [-0.4, -0.2) is 30.1 Å². The van der Waals surface area contributed by atoms with Crippen LogP contribution in [0.4, 0.5) is 0 Å². The fraction of sp³-hybridized carbons (Fsp3) is 1.00. The van der Waals surface area contributed by atoms with E-state index in [1.165, 1.54) is 30.4 Å². The molecular weight excluding hydrogens is 239 g/mol. The molecule has 1 aliphatic rings. The lowest BCUT2D eigenvalue weighted by molar-refractivity contribution is 0.519. The lowest BCUT2D eigenvalue weighted by Crippen LogP contribution is -2.35. The van der Waals surface area contributed by atoms with E-state index in [1.54, 1.807) is 0 Å². The third kappa shape index (κ3) is 3.16. The van der Waals surface area contributed by atoms with Crippen LogP contribution in [0.15, 0.2) is 0 Å². The van der Waals surface area contributed by atoms with Gasteiger partial charge in [0.1, 0.15) is 0 Å². The molecule has 0 aromatic rings. The average molecular weight is 254 g/mol. The molecule has 2 nitrogen and oxygen atoms in total. The molecule has 0 spiro atoms. The summed E-state index contributed by atoms with van der Waals surface area (Å²) in [4.78, 5) is 0. The third-order valence-electron chi connectivity index (χ3n) is 1.81. The largest absolute Gasteiger partial charge is 0.315 e. The molecule has 1 heterocycles. The van der Waals surface area contributed by atoms with Gasteiger partial charge < -0.3 is 10.6 Å². The molecule has 0 amide bonds. The third-order valence-corrected chi connectivity index (χ3v) is 2.43. The van der Waals surface area contributed by atoms with Gasteiger partial charge >= 0.3 is 0 Å². The van der Waals surface area contributed by atoms with E-state index in [-0.39, 0.29) is 0 Å². The lowest BCUT2D eigenvalue weighted by Gasteiger charge is -2.13. The van der Waals surface area contributed by atoms with Crippen LogP contribution in [0.25, 0.3) is 0 Å². The summed E-state index contributed by atoms with van der Waals surface area (Å²) in [5, 5.41) is 6.93. The minimum absolute atomic E-state index is 0.722. The molecule has 2 N–H and O–H groups in total. The van der Waals surface area contributed by atoms with Crippen molar-refractivity contribution in [2.45, 2.75) is 18.9 Å². The Labute approximate surface area is 76.3 Å². The molecule has 60 valence electrons. The van der Waals surface area contributed by atoms with E-state index >= 15 is 0 Å². The monoisotopic (exact) mass is 254 g/mol. The Kier molecular flexibility index (Phi) is 4.65. The number of nitrogens with one attached hydrogen (secondary N) is 2. The normalized spacial score (nSPS) is 27.9. The first kappa shape index (κ1) is 8.74. The van der Waals surface area contributed by atoms with Crippen molar-refractivity contribution < 1.29 is 0 Å². The van der Waals surface area contributed by atoms with Crippen LogP contribution >= 0.6 is 22.6 Å². The molecule has 3 heteroatoms. The second-order valence-electron chi connectivity index (χ2n) is 2.69. The fourth-order valence-corrected chi connectivity index (χ4v) is 1.96. The van der Waals surface area contributed by atoms with Crippen molar-refractivity contribution in [3.05, 3.63) is 0 Å². The summed E-state index contributed by atoms with van der Waals surface area (Å²) in [6.45, 7) is 3.53. The highest BCUT2D eigenvalue weighted by molar-refractivity contribution is 14.1. The molecule has 1 atom stereocenters. The summed E-state index contributed by atoms with van der Waals surface area (Å²) in [5.74, 6) is 0. The predicted molar refractivity (Wildman–Crippen MR) is 52.8 cm³/mol. The molecule has 0 radical (unpaired) electrons. The standard InChI is InChI=1S/C7H15IN2/c8-3-2-7-6-9-4-1-5-10-7/h7,9-10H,1-6H2. The number of alkyl halides is 1. The molecule has 1 fully saturated rings. The molecule has 0 saturated carbocycles. The van der Waals surface area contributed by atoms with Gasteiger partial charge in [-0.3, -0.25) is 0 Å². The van der Waals surface area contributed by atoms with E-state index in [0.29, 0.717) is 0 Å². The van der Waals surface area contributed by atoms with Gasteiger partial charge in [0.25, 0.3) is 0 Å². The maximum atomic E-state index is 3.52. The van der Waals surface area contributed by atoms with Crippen molar-refractivity contribution in [2.75, 3.05) is 24.1 Å². The van der Waals surface area contributed by atoms with Crippen molar-refractivity contribution in [1.29, 1.82) is 0 Å². The van der Waals surface area contributed by atoms with Crippen LogP contribution in [-0.2, 0) is 0 Å². The highest BCUT2D eigenvalue weighted by Gasteiger charge is 2.08. The van der Waals surface area contributed by atoms with Gasteiger partial charge in [-0.15, -0.1) is 0 Å². The molecule has 0 aromatic carbocycles. The zero-order valence-corrected chi connectivity index (χ0v) is 8.36. The Balaban J connectivity index is 2.15. The second kappa shape index (κ2) is 5.32. The highest BCUT2D eigenvalue weighted by Crippen LogP contribution is 1.97. The van der Waals surface area contributed by atoms with Crippen LogP contribution in [0, 0.1) is 0 Å². The summed E-state index contributed by atoms with van der Waals surface area (Å²) in [7, 11) is 0. The van der Waals surface area contributed by atoms with E-state index in [1.807, 2.05) is 0 Å². The zero-order chi connectivity index (χ0) is 7.23. The fourth-order valence-electron chi connectivity index (χ4n) is 1.20. The first-order valence-electron chi connectivity index (χ1n) is 3.93. The molecule has 1 unspecified atom stereocenters. The number of halogens is 1. The number of hydrogen-bond donors (Lipinski definition) is 2. The van der Waals surface area contributed by atoms with E-state index in [2.05, 4.69) is 33.2 Å². The minimum Gasteiger partial charge on any atom is -0.315 e. The van der Waals surface area contributed by atoms with Crippen LogP contribution in [0.3, 0.4) is 0 Å². The van der Waals surface area contributed by atoms with E-state index < -0.39 is 0 Å². The Morgan fingerprint density at radius 2 is 2.30 bits per heavy atom. The first-order valence-corrected chi connectivity index (χ1v) is 5.46. The van der Waals surface area contributed by atoms with Gasteiger partial charge in [0.15, 0.2) is 0 Å². The summed E-state index contributed by atoms with van der Waals surface area (Å²) in [6, 6.07) is 0.722. The van der Waals surface area contributed by atoms with Gasteiger partial charge in [0.05, 0.1) is 0 Å². The summed E-state index contributed by atoms with van der Waals surface area (Å²) >= 11 is 2.43. The Hall–Kier alpha value is 0.650. The number of rotatable bonds is 2. The Morgan fingerprint density at radius 1 is 1.40 bits per heavy atom. The Morgan fingerprint density at radius 3 is 3.10 bits per heavy atom. The molecule has 1 rings (SSSR count). The maximum Gasteiger partial charge on any atom is 0.0199 e. The van der Waals surface area contributed by atoms with Crippen LogP contribution in [0.2, 0.25) is 0 Å². The highest BCUT2D eigenvalue weighted by atomic mass is 127. The second-order valence-corrected chi connectivity index (χ2v) is 3.77. The van der Waals surface area contributed by atoms with Gasteiger partial charge in [0.2, 0.25) is 0 Å². The van der Waals surface area contributed by atoms with Gasteiger partial charge in [0, 0.05) is 17.0 Å². The molecule has 0 bridgehead atoms. The van der Waals surface area contributed by atoms with Gasteiger partial charge in [-0.05, 0) is 25.9 Å². The predicted octanol–water partition coefficient (Wildman–Crippen LogP) is 0.763. The SMILES string of the molecule is ICCC1CNCCCN1. The van der Waals surface area contributed by atoms with E-state index in [0.717, 1.165) is 12.6 Å². The van der Waals surface area contributed by atoms with Crippen molar-refractivity contribution in [1.82, 2.24) is 10.6 Å². The molecular formula is C7H15IN2. The topological polar surface area (TPSA) is 24.1 Å². The van der Waals surface area contributed by atoms with Crippen molar-refractivity contribution in [3.63, 3.8) is 0 Å². The molecule has 10 heavy (non-hydrogen) atoms. The molecule has 0 aromatic heterocycles. The van der Waals surface area contributed by atoms with E-state index in [9.17, 15) is 0 Å². The van der Waals surface area contributed by atoms with Crippen LogP contribution in [0.5, 0.6) is 0 Å². The van der Waals surface area contributed by atoms with Crippen molar-refractivity contribution >= 4 is 22.6 Å². The maximum absolute atomic E-state index is 3.52. The summed E-state index contributed by atoms with van der Waals surface area (Å²) < 4.78 is 1.26. The van der Waals surface area contributed by atoms with Crippen LogP contribution < -0.4 is 10.6 Å². The van der Waals surface area contributed by atoms with Crippen molar-refractivity contribution in [3.8, 4) is 0 Å². The van der Waals surface area contributed by atoms with Crippen LogP contribution in [0.1, 0.15) is 12.8 Å². The molecule has 1 saturated heterocycles. The first-order chi connectivity index (χ1) is 4.93. The quantitative estimate of drug-likeness (QED) is 0.561. The van der Waals surface area contributed by atoms with Gasteiger partial charge in [-0.2, -0.15) is 0 Å². The van der Waals surface area contributed by atoms with Gasteiger partial charge in [-0.1, -0.05) is 22.6 Å². The number of hydrogen-bond acceptors (Lipinski definition) is 2. The Bertz CT molecular complexity index is 79.7. The van der Waals surface area contributed by atoms with Crippen molar-refractivity contribution in [2.24, 2.45) is 0 Å². The molecule has 1 aliphatic heterocycles. The molecule has 0 aliphatic carbocycles.